The minimum atomic E-state index is -0.700. The van der Waals surface area contributed by atoms with Crippen LogP contribution in [-0.4, -0.2) is 10.2 Å². The Kier molecular flexibility index (Phi) is 3.90. The van der Waals surface area contributed by atoms with Crippen molar-refractivity contribution in [3.05, 3.63) is 45.4 Å². The van der Waals surface area contributed by atoms with E-state index in [0.717, 1.165) is 4.88 Å². The minimum absolute atomic E-state index is 0.0836. The average molecular weight is 278 g/mol. The van der Waals surface area contributed by atoms with Gasteiger partial charge in [0.05, 0.1) is 0 Å². The number of benzene rings is 1. The van der Waals surface area contributed by atoms with Gasteiger partial charge in [0.1, 0.15) is 5.75 Å². The summed E-state index contributed by atoms with van der Waals surface area (Å²) >= 11 is 1.53. The third-order valence-corrected chi connectivity index (χ3v) is 3.67. The van der Waals surface area contributed by atoms with Crippen molar-refractivity contribution in [2.24, 2.45) is 0 Å². The molecular formula is C15H15FO2S. The van der Waals surface area contributed by atoms with Crippen LogP contribution in [-0.2, 0) is 0 Å². The Morgan fingerprint density at radius 3 is 2.58 bits per heavy atom. The van der Waals surface area contributed by atoms with Crippen molar-refractivity contribution in [2.45, 2.75) is 19.8 Å². The van der Waals surface area contributed by atoms with E-state index in [1.807, 2.05) is 17.5 Å². The zero-order valence-electron chi connectivity index (χ0n) is 10.7. The van der Waals surface area contributed by atoms with E-state index in [0.29, 0.717) is 0 Å². The highest BCUT2D eigenvalue weighted by Crippen LogP contribution is 2.38. The van der Waals surface area contributed by atoms with E-state index < -0.39 is 11.6 Å². The Balaban J connectivity index is 2.43. The Bertz CT molecular complexity index is 601. The topological polar surface area (TPSA) is 40.5 Å². The molecule has 2 N–H and O–H groups in total. The maximum atomic E-state index is 14.0. The zero-order valence-corrected chi connectivity index (χ0v) is 11.5. The van der Waals surface area contributed by atoms with Crippen molar-refractivity contribution in [2.75, 3.05) is 0 Å². The van der Waals surface area contributed by atoms with Crippen molar-refractivity contribution >= 4 is 23.5 Å². The van der Waals surface area contributed by atoms with Crippen molar-refractivity contribution < 1.29 is 14.6 Å². The molecule has 0 fully saturated rings. The predicted molar refractivity (Wildman–Crippen MR) is 77.1 cm³/mol. The van der Waals surface area contributed by atoms with Gasteiger partial charge in [-0.3, -0.25) is 0 Å². The number of phenolic OH excluding ortho intramolecular Hbond substituents is 2. The first-order valence-electron chi connectivity index (χ1n) is 5.96. The minimum Gasteiger partial charge on any atom is -0.507 e. The third-order valence-electron chi connectivity index (χ3n) is 2.83. The lowest BCUT2D eigenvalue weighted by molar-refractivity contribution is 0.404. The standard InChI is InChI=1S/C15H15FO2S/c1-9(2)13-12(17)8-10(14(16)15(13)18)5-6-11-4-3-7-19-11/h3-9,17-18H,1-2H3. The lowest BCUT2D eigenvalue weighted by Gasteiger charge is -2.12. The number of hydrogen-bond donors (Lipinski definition) is 2. The van der Waals surface area contributed by atoms with Gasteiger partial charge < -0.3 is 10.2 Å². The highest BCUT2D eigenvalue weighted by atomic mass is 32.1. The molecule has 0 radical (unpaired) electrons. The molecule has 1 aromatic heterocycles. The highest BCUT2D eigenvalue weighted by Gasteiger charge is 2.18. The number of phenols is 2. The Morgan fingerprint density at radius 1 is 1.26 bits per heavy atom. The lowest BCUT2D eigenvalue weighted by atomic mass is 9.98. The van der Waals surface area contributed by atoms with Gasteiger partial charge in [0, 0.05) is 16.0 Å². The van der Waals surface area contributed by atoms with Crippen LogP contribution in [0.25, 0.3) is 12.2 Å². The lowest BCUT2D eigenvalue weighted by Crippen LogP contribution is -1.94. The Morgan fingerprint density at radius 2 is 2.00 bits per heavy atom. The second kappa shape index (κ2) is 5.45. The van der Waals surface area contributed by atoms with Gasteiger partial charge in [0.15, 0.2) is 11.6 Å². The monoisotopic (exact) mass is 278 g/mol. The summed E-state index contributed by atoms with van der Waals surface area (Å²) in [6.07, 6.45) is 3.29. The molecular weight excluding hydrogens is 263 g/mol. The van der Waals surface area contributed by atoms with Crippen molar-refractivity contribution in [1.82, 2.24) is 0 Å². The van der Waals surface area contributed by atoms with Crippen LogP contribution in [0.2, 0.25) is 0 Å². The van der Waals surface area contributed by atoms with Gasteiger partial charge in [-0.1, -0.05) is 26.0 Å². The van der Waals surface area contributed by atoms with Gasteiger partial charge >= 0.3 is 0 Å². The van der Waals surface area contributed by atoms with Gasteiger partial charge in [0.25, 0.3) is 0 Å². The van der Waals surface area contributed by atoms with Crippen LogP contribution in [0, 0.1) is 5.82 Å². The Hall–Kier alpha value is -1.81. The molecule has 4 heteroatoms. The molecule has 0 aliphatic heterocycles. The maximum Gasteiger partial charge on any atom is 0.172 e. The smallest absolute Gasteiger partial charge is 0.172 e. The molecule has 0 bridgehead atoms. The summed E-state index contributed by atoms with van der Waals surface area (Å²) in [6.45, 7) is 3.57. The van der Waals surface area contributed by atoms with Crippen LogP contribution in [0.15, 0.2) is 23.6 Å². The second-order valence-electron chi connectivity index (χ2n) is 4.56. The fourth-order valence-corrected chi connectivity index (χ4v) is 2.53. The molecule has 0 atom stereocenters. The summed E-state index contributed by atoms with van der Waals surface area (Å²) in [6, 6.07) is 5.15. The number of thiophene rings is 1. The molecule has 100 valence electrons. The first-order chi connectivity index (χ1) is 9.00. The first-order valence-corrected chi connectivity index (χ1v) is 6.84. The quantitative estimate of drug-likeness (QED) is 0.862. The number of halogens is 1. The molecule has 1 heterocycles. The van der Waals surface area contributed by atoms with Gasteiger partial charge in [-0.2, -0.15) is 0 Å². The van der Waals surface area contributed by atoms with Crippen molar-refractivity contribution in [1.29, 1.82) is 0 Å². The molecule has 0 saturated carbocycles. The Labute approximate surface area is 115 Å². The summed E-state index contributed by atoms with van der Waals surface area (Å²) in [4.78, 5) is 0.978. The fourth-order valence-electron chi connectivity index (χ4n) is 1.91. The van der Waals surface area contributed by atoms with E-state index in [-0.39, 0.29) is 22.8 Å². The molecule has 0 saturated heterocycles. The first kappa shape index (κ1) is 13.6. The van der Waals surface area contributed by atoms with Crippen LogP contribution in [0.1, 0.15) is 35.8 Å². The largest absolute Gasteiger partial charge is 0.507 e. The molecule has 0 unspecified atom stereocenters. The maximum absolute atomic E-state index is 14.0. The molecule has 0 spiro atoms. The summed E-state index contributed by atoms with van der Waals surface area (Å²) in [7, 11) is 0. The van der Waals surface area contributed by atoms with Crippen LogP contribution >= 0.6 is 11.3 Å². The van der Waals surface area contributed by atoms with Crippen molar-refractivity contribution in [3.63, 3.8) is 0 Å². The summed E-state index contributed by atoms with van der Waals surface area (Å²) in [5.74, 6) is -1.40. The molecule has 2 aromatic rings. The van der Waals surface area contributed by atoms with Gasteiger partial charge in [-0.05, 0) is 29.5 Å². The highest BCUT2D eigenvalue weighted by molar-refractivity contribution is 7.10. The van der Waals surface area contributed by atoms with Gasteiger partial charge in [-0.15, -0.1) is 11.3 Å². The fraction of sp³-hybridized carbons (Fsp3) is 0.200. The average Bonchev–Trinajstić information content (AvgIpc) is 2.84. The molecule has 0 aliphatic carbocycles. The molecule has 2 nitrogen and oxygen atoms in total. The van der Waals surface area contributed by atoms with E-state index in [1.54, 1.807) is 26.0 Å². The molecule has 0 aliphatic rings. The predicted octanol–water partition coefficient (Wildman–Crippen LogP) is 4.59. The molecule has 19 heavy (non-hydrogen) atoms. The molecule has 0 amide bonds. The number of aromatic hydroxyl groups is 2. The van der Waals surface area contributed by atoms with E-state index in [9.17, 15) is 14.6 Å². The number of hydrogen-bond acceptors (Lipinski definition) is 3. The molecule has 2 rings (SSSR count). The van der Waals surface area contributed by atoms with Gasteiger partial charge in [-0.25, -0.2) is 4.39 Å². The third kappa shape index (κ3) is 2.79. The normalized spacial score (nSPS) is 11.6. The van der Waals surface area contributed by atoms with Crippen LogP contribution in [0.5, 0.6) is 11.5 Å². The van der Waals surface area contributed by atoms with E-state index in [4.69, 9.17) is 0 Å². The SMILES string of the molecule is CC(C)c1c(O)cc(C=Cc2cccs2)c(F)c1O. The summed E-state index contributed by atoms with van der Waals surface area (Å²) < 4.78 is 14.0. The van der Waals surface area contributed by atoms with Gasteiger partial charge in [0.2, 0.25) is 0 Å². The number of rotatable bonds is 3. The van der Waals surface area contributed by atoms with E-state index in [2.05, 4.69) is 0 Å². The van der Waals surface area contributed by atoms with E-state index in [1.165, 1.54) is 17.4 Å². The second-order valence-corrected chi connectivity index (χ2v) is 5.54. The van der Waals surface area contributed by atoms with Crippen molar-refractivity contribution in [3.8, 4) is 11.5 Å². The zero-order chi connectivity index (χ0) is 14.0. The van der Waals surface area contributed by atoms with Crippen LogP contribution in [0.4, 0.5) is 4.39 Å². The molecule has 1 aromatic carbocycles. The summed E-state index contributed by atoms with van der Waals surface area (Å²) in [5, 5.41) is 21.6. The summed E-state index contributed by atoms with van der Waals surface area (Å²) in [5.41, 5.74) is 0.415. The van der Waals surface area contributed by atoms with Crippen LogP contribution in [0.3, 0.4) is 0 Å². The van der Waals surface area contributed by atoms with E-state index >= 15 is 0 Å². The van der Waals surface area contributed by atoms with Crippen LogP contribution < -0.4 is 0 Å².